The highest BCUT2D eigenvalue weighted by molar-refractivity contribution is 5.85. The van der Waals surface area contributed by atoms with Gasteiger partial charge in [0.25, 0.3) is 0 Å². The molecule has 2 unspecified atom stereocenters. The van der Waals surface area contributed by atoms with Crippen LogP contribution in [0.1, 0.15) is 43.2 Å². The molecule has 0 saturated carbocycles. The molecule has 1 aliphatic heterocycles. The Morgan fingerprint density at radius 1 is 1.09 bits per heavy atom. The predicted molar refractivity (Wildman–Crippen MR) is 119 cm³/mol. The van der Waals surface area contributed by atoms with Crippen LogP contribution in [0.4, 0.5) is 4.79 Å². The lowest BCUT2D eigenvalue weighted by molar-refractivity contribution is -0.157. The van der Waals surface area contributed by atoms with E-state index in [2.05, 4.69) is 29.6 Å². The third-order valence-corrected chi connectivity index (χ3v) is 6.41. The molecule has 0 aromatic heterocycles. The summed E-state index contributed by atoms with van der Waals surface area (Å²) >= 11 is 0. The monoisotopic (exact) mass is 436 g/mol. The predicted octanol–water partition coefficient (Wildman–Crippen LogP) is 3.63. The number of likely N-dealkylation sites (tertiary alicyclic amines) is 1. The first-order chi connectivity index (χ1) is 15.5. The fourth-order valence-corrected chi connectivity index (χ4v) is 4.47. The van der Waals surface area contributed by atoms with Crippen LogP contribution in [0.25, 0.3) is 11.1 Å². The lowest BCUT2D eigenvalue weighted by atomic mass is 9.98. The minimum absolute atomic E-state index is 0.0157. The van der Waals surface area contributed by atoms with E-state index in [0.29, 0.717) is 25.9 Å². The van der Waals surface area contributed by atoms with Crippen molar-refractivity contribution in [2.24, 2.45) is 5.92 Å². The number of carbonyl (C=O) groups excluding carboxylic acids is 2. The number of ether oxygens (including phenoxy) is 1. The first-order valence-corrected chi connectivity index (χ1v) is 11.1. The second kappa shape index (κ2) is 9.42. The zero-order chi connectivity index (χ0) is 22.7. The molecule has 2 aliphatic rings. The van der Waals surface area contributed by atoms with Crippen LogP contribution in [-0.4, -0.2) is 53.7 Å². The maximum absolute atomic E-state index is 12.3. The molecule has 1 fully saturated rings. The summed E-state index contributed by atoms with van der Waals surface area (Å²) in [6.07, 6.45) is 0.890. The van der Waals surface area contributed by atoms with Gasteiger partial charge in [0.05, 0.1) is 0 Å². The van der Waals surface area contributed by atoms with Gasteiger partial charge < -0.3 is 20.1 Å². The highest BCUT2D eigenvalue weighted by atomic mass is 16.5. The number of aliphatic carboxylic acids is 1. The number of hydrogen-bond acceptors (Lipinski definition) is 4. The number of alkyl carbamates (subject to hydrolysis) is 1. The summed E-state index contributed by atoms with van der Waals surface area (Å²) in [6, 6.07) is 15.7. The Morgan fingerprint density at radius 3 is 2.28 bits per heavy atom. The van der Waals surface area contributed by atoms with Gasteiger partial charge in [-0.05, 0) is 41.0 Å². The van der Waals surface area contributed by atoms with Crippen LogP contribution in [0.5, 0.6) is 0 Å². The van der Waals surface area contributed by atoms with Crippen molar-refractivity contribution in [3.63, 3.8) is 0 Å². The first-order valence-electron chi connectivity index (χ1n) is 11.1. The molecule has 2 aromatic rings. The molecule has 168 valence electrons. The summed E-state index contributed by atoms with van der Waals surface area (Å²) in [5, 5.41) is 11.8. The molecule has 1 aliphatic carbocycles. The fraction of sp³-hybridized carbons (Fsp3) is 0.400. The molecule has 7 nitrogen and oxygen atoms in total. The van der Waals surface area contributed by atoms with Gasteiger partial charge in [0, 0.05) is 25.4 Å². The highest BCUT2D eigenvalue weighted by Crippen LogP contribution is 2.44. The maximum Gasteiger partial charge on any atom is 0.407 e. The molecule has 2 aromatic carbocycles. The van der Waals surface area contributed by atoms with Crippen molar-refractivity contribution in [1.82, 2.24) is 10.2 Å². The fourth-order valence-electron chi connectivity index (χ4n) is 4.47. The van der Waals surface area contributed by atoms with Crippen LogP contribution >= 0.6 is 0 Å². The average molecular weight is 437 g/mol. The molecule has 2 atom stereocenters. The van der Waals surface area contributed by atoms with Gasteiger partial charge in [-0.15, -0.1) is 0 Å². The number of benzene rings is 2. The van der Waals surface area contributed by atoms with Crippen LogP contribution in [-0.2, 0) is 14.3 Å². The van der Waals surface area contributed by atoms with Gasteiger partial charge in [-0.3, -0.25) is 4.79 Å². The smallest absolute Gasteiger partial charge is 0.407 e. The number of nitrogens with zero attached hydrogens (tertiary/aromatic N) is 1. The van der Waals surface area contributed by atoms with Crippen molar-refractivity contribution in [1.29, 1.82) is 0 Å². The number of rotatable bonds is 8. The lowest BCUT2D eigenvalue weighted by Crippen LogP contribution is -2.55. The number of carboxylic acid groups (broad SMARTS) is 1. The van der Waals surface area contributed by atoms with E-state index in [1.807, 2.05) is 31.2 Å². The molecule has 2 amide bonds. The quantitative estimate of drug-likeness (QED) is 0.659. The Labute approximate surface area is 187 Å². The van der Waals surface area contributed by atoms with E-state index in [1.54, 1.807) is 0 Å². The van der Waals surface area contributed by atoms with Gasteiger partial charge in [-0.25, -0.2) is 9.59 Å². The third kappa shape index (κ3) is 4.47. The summed E-state index contributed by atoms with van der Waals surface area (Å²) in [6.45, 7) is 3.11. The summed E-state index contributed by atoms with van der Waals surface area (Å²) in [7, 11) is 0. The van der Waals surface area contributed by atoms with Crippen molar-refractivity contribution in [2.75, 3.05) is 19.7 Å². The number of hydrogen-bond donors (Lipinski definition) is 2. The minimum Gasteiger partial charge on any atom is -0.480 e. The molecule has 32 heavy (non-hydrogen) atoms. The van der Waals surface area contributed by atoms with Crippen LogP contribution in [0.3, 0.4) is 0 Å². The van der Waals surface area contributed by atoms with Gasteiger partial charge in [0.15, 0.2) is 0 Å². The van der Waals surface area contributed by atoms with E-state index >= 15 is 0 Å². The van der Waals surface area contributed by atoms with E-state index in [-0.39, 0.29) is 30.8 Å². The largest absolute Gasteiger partial charge is 0.480 e. The van der Waals surface area contributed by atoms with Gasteiger partial charge in [-0.1, -0.05) is 55.5 Å². The number of amides is 2. The summed E-state index contributed by atoms with van der Waals surface area (Å²) in [5.41, 5.74) is 4.70. The Balaban J connectivity index is 1.22. The standard InChI is InChI=1S/C25H28N2O5/c1-16(10-11-23(28)27-13-12-22(27)24(29)30)14-26-25(31)32-15-21-19-8-4-2-6-17(19)18-7-3-5-9-20(18)21/h2-9,16,21-22H,10-15H2,1H3,(H,26,31)(H,29,30). The summed E-state index contributed by atoms with van der Waals surface area (Å²) in [4.78, 5) is 36.9. The molecular weight excluding hydrogens is 408 g/mol. The van der Waals surface area contributed by atoms with Crippen LogP contribution in [0.2, 0.25) is 0 Å². The molecule has 1 saturated heterocycles. The van der Waals surface area contributed by atoms with Crippen molar-refractivity contribution < 1.29 is 24.2 Å². The second-order valence-electron chi connectivity index (χ2n) is 8.58. The lowest BCUT2D eigenvalue weighted by Gasteiger charge is -2.38. The summed E-state index contributed by atoms with van der Waals surface area (Å²) < 4.78 is 5.53. The molecule has 2 N–H and O–H groups in total. The molecule has 0 spiro atoms. The Hall–Kier alpha value is -3.35. The molecular formula is C25H28N2O5. The zero-order valence-corrected chi connectivity index (χ0v) is 18.1. The zero-order valence-electron chi connectivity index (χ0n) is 18.1. The van der Waals surface area contributed by atoms with E-state index in [9.17, 15) is 14.4 Å². The van der Waals surface area contributed by atoms with Crippen LogP contribution in [0.15, 0.2) is 48.5 Å². The van der Waals surface area contributed by atoms with Crippen molar-refractivity contribution in [3.05, 3.63) is 59.7 Å². The van der Waals surface area contributed by atoms with Gasteiger partial charge in [0.1, 0.15) is 12.6 Å². The van der Waals surface area contributed by atoms with Crippen LogP contribution in [0, 0.1) is 5.92 Å². The Kier molecular flexibility index (Phi) is 6.44. The van der Waals surface area contributed by atoms with E-state index in [1.165, 1.54) is 27.2 Å². The number of nitrogens with one attached hydrogen (secondary N) is 1. The Morgan fingerprint density at radius 2 is 1.72 bits per heavy atom. The first kappa shape index (κ1) is 21.9. The highest BCUT2D eigenvalue weighted by Gasteiger charge is 2.37. The van der Waals surface area contributed by atoms with Crippen molar-refractivity contribution in [2.45, 2.75) is 38.1 Å². The van der Waals surface area contributed by atoms with Crippen LogP contribution < -0.4 is 5.32 Å². The maximum atomic E-state index is 12.3. The number of carbonyl (C=O) groups is 3. The third-order valence-electron chi connectivity index (χ3n) is 6.41. The van der Waals surface area contributed by atoms with Gasteiger partial charge in [-0.2, -0.15) is 0 Å². The Bertz CT molecular complexity index is 975. The van der Waals surface area contributed by atoms with Gasteiger partial charge in [0.2, 0.25) is 5.91 Å². The SMILES string of the molecule is CC(CCC(=O)N1CCC1C(=O)O)CNC(=O)OCC1c2ccccc2-c2ccccc21. The molecule has 1 heterocycles. The number of fused-ring (bicyclic) bond motifs is 3. The van der Waals surface area contributed by atoms with Crippen molar-refractivity contribution in [3.8, 4) is 11.1 Å². The van der Waals surface area contributed by atoms with Crippen molar-refractivity contribution >= 4 is 18.0 Å². The second-order valence-corrected chi connectivity index (χ2v) is 8.58. The molecule has 0 bridgehead atoms. The van der Waals surface area contributed by atoms with E-state index in [0.717, 1.165) is 0 Å². The number of carboxylic acids is 1. The molecule has 0 radical (unpaired) electrons. The van der Waals surface area contributed by atoms with Gasteiger partial charge >= 0.3 is 12.1 Å². The average Bonchev–Trinajstić information content (AvgIpc) is 3.07. The summed E-state index contributed by atoms with van der Waals surface area (Å²) in [5.74, 6) is -1.00. The van der Waals surface area contributed by atoms with E-state index < -0.39 is 18.1 Å². The molecule has 7 heteroatoms. The minimum atomic E-state index is -0.949. The normalized spacial score (nSPS) is 17.7. The van der Waals surface area contributed by atoms with E-state index in [4.69, 9.17) is 9.84 Å². The topological polar surface area (TPSA) is 95.9 Å². The molecule has 4 rings (SSSR count).